The van der Waals surface area contributed by atoms with Gasteiger partial charge in [-0.3, -0.25) is 9.59 Å². The molecule has 0 saturated carbocycles. The van der Waals surface area contributed by atoms with Crippen LogP contribution in [-0.4, -0.2) is 30.2 Å². The van der Waals surface area contributed by atoms with E-state index in [1.807, 2.05) is 24.3 Å². The number of nitrogens with one attached hydrogen (secondary N) is 1. The Labute approximate surface area is 131 Å². The van der Waals surface area contributed by atoms with Crippen LogP contribution in [0.25, 0.3) is 0 Å². The topological polar surface area (TPSA) is 75.6 Å². The lowest BCUT2D eigenvalue weighted by Crippen LogP contribution is -2.37. The standard InChI is InChI=1S/C15H18BrNO4/c16-12-3-1-10(2-4-12)13(9-14(18)19)17-15(20)11-5-7-21-8-6-11/h1-4,11,13H,5-9H2,(H,17,20)(H,18,19). The van der Waals surface area contributed by atoms with E-state index in [0.717, 1.165) is 10.0 Å². The lowest BCUT2D eigenvalue weighted by molar-refractivity contribution is -0.138. The van der Waals surface area contributed by atoms with E-state index >= 15 is 0 Å². The summed E-state index contributed by atoms with van der Waals surface area (Å²) in [4.78, 5) is 23.3. The highest BCUT2D eigenvalue weighted by Crippen LogP contribution is 2.22. The number of carboxylic acid groups (broad SMARTS) is 1. The normalized spacial score (nSPS) is 17.2. The van der Waals surface area contributed by atoms with E-state index in [1.165, 1.54) is 0 Å². The predicted octanol–water partition coefficient (Wildman–Crippen LogP) is 2.51. The van der Waals surface area contributed by atoms with E-state index in [1.54, 1.807) is 0 Å². The predicted molar refractivity (Wildman–Crippen MR) is 80.8 cm³/mol. The zero-order chi connectivity index (χ0) is 15.2. The van der Waals surface area contributed by atoms with Crippen molar-refractivity contribution in [3.05, 3.63) is 34.3 Å². The molecule has 0 bridgehead atoms. The van der Waals surface area contributed by atoms with Gasteiger partial charge < -0.3 is 15.2 Å². The lowest BCUT2D eigenvalue weighted by atomic mass is 9.97. The molecule has 5 nitrogen and oxygen atoms in total. The van der Waals surface area contributed by atoms with E-state index in [4.69, 9.17) is 9.84 Å². The fourth-order valence-corrected chi connectivity index (χ4v) is 2.64. The fraction of sp³-hybridized carbons (Fsp3) is 0.467. The molecule has 1 heterocycles. The average Bonchev–Trinajstić information content (AvgIpc) is 2.48. The highest BCUT2D eigenvalue weighted by Gasteiger charge is 2.25. The maximum atomic E-state index is 12.3. The molecule has 1 amide bonds. The molecule has 1 aliphatic heterocycles. The summed E-state index contributed by atoms with van der Waals surface area (Å²) in [6.07, 6.45) is 1.24. The first-order valence-electron chi connectivity index (χ1n) is 6.91. The van der Waals surface area contributed by atoms with Crippen molar-refractivity contribution in [2.45, 2.75) is 25.3 Å². The summed E-state index contributed by atoms with van der Waals surface area (Å²) in [6, 6.07) is 6.81. The Kier molecular flexibility index (Phi) is 5.76. The lowest BCUT2D eigenvalue weighted by Gasteiger charge is -2.24. The Bertz CT molecular complexity index is 497. The molecule has 1 atom stereocenters. The quantitative estimate of drug-likeness (QED) is 0.850. The summed E-state index contributed by atoms with van der Waals surface area (Å²) in [5, 5.41) is 11.9. The van der Waals surface area contributed by atoms with Crippen molar-refractivity contribution in [2.24, 2.45) is 5.92 Å². The molecule has 1 aromatic rings. The van der Waals surface area contributed by atoms with Crippen LogP contribution in [0.15, 0.2) is 28.7 Å². The zero-order valence-electron chi connectivity index (χ0n) is 11.5. The second-order valence-electron chi connectivity index (χ2n) is 5.10. The van der Waals surface area contributed by atoms with Gasteiger partial charge in [-0.1, -0.05) is 28.1 Å². The van der Waals surface area contributed by atoms with Crippen molar-refractivity contribution in [3.63, 3.8) is 0 Å². The summed E-state index contributed by atoms with van der Waals surface area (Å²) < 4.78 is 6.15. The molecule has 2 N–H and O–H groups in total. The number of carboxylic acids is 1. The Balaban J connectivity index is 2.06. The second-order valence-corrected chi connectivity index (χ2v) is 6.01. The molecule has 1 aliphatic rings. The first-order valence-corrected chi connectivity index (χ1v) is 7.71. The minimum absolute atomic E-state index is 0.0903. The maximum absolute atomic E-state index is 12.3. The molecule has 1 unspecified atom stereocenters. The number of rotatable bonds is 5. The molecule has 1 fully saturated rings. The molecule has 0 spiro atoms. The molecule has 6 heteroatoms. The van der Waals surface area contributed by atoms with Crippen LogP contribution in [0.5, 0.6) is 0 Å². The van der Waals surface area contributed by atoms with Gasteiger partial charge in [0.1, 0.15) is 0 Å². The van der Waals surface area contributed by atoms with Crippen LogP contribution in [0.1, 0.15) is 30.9 Å². The van der Waals surface area contributed by atoms with E-state index in [2.05, 4.69) is 21.2 Å². The molecule has 2 rings (SSSR count). The minimum Gasteiger partial charge on any atom is -0.481 e. The molecule has 114 valence electrons. The smallest absolute Gasteiger partial charge is 0.305 e. The first-order chi connectivity index (χ1) is 10.1. The van der Waals surface area contributed by atoms with E-state index < -0.39 is 12.0 Å². The van der Waals surface area contributed by atoms with Crippen LogP contribution in [-0.2, 0) is 14.3 Å². The molecule has 21 heavy (non-hydrogen) atoms. The average molecular weight is 356 g/mol. The van der Waals surface area contributed by atoms with E-state index in [-0.39, 0.29) is 18.2 Å². The highest BCUT2D eigenvalue weighted by atomic mass is 79.9. The van der Waals surface area contributed by atoms with Gasteiger partial charge in [0.25, 0.3) is 0 Å². The third-order valence-corrected chi connectivity index (χ3v) is 4.09. The van der Waals surface area contributed by atoms with Crippen molar-refractivity contribution in [1.29, 1.82) is 0 Å². The van der Waals surface area contributed by atoms with Gasteiger partial charge in [-0.25, -0.2) is 0 Å². The molecule has 0 aromatic heterocycles. The third-order valence-electron chi connectivity index (χ3n) is 3.56. The molecule has 1 saturated heterocycles. The van der Waals surface area contributed by atoms with E-state index in [0.29, 0.717) is 26.1 Å². The van der Waals surface area contributed by atoms with E-state index in [9.17, 15) is 9.59 Å². The van der Waals surface area contributed by atoms with Crippen molar-refractivity contribution >= 4 is 27.8 Å². The zero-order valence-corrected chi connectivity index (χ0v) is 13.1. The maximum Gasteiger partial charge on any atom is 0.305 e. The molecular weight excluding hydrogens is 338 g/mol. The summed E-state index contributed by atoms with van der Waals surface area (Å²) in [5.74, 6) is -1.12. The van der Waals surface area contributed by atoms with Gasteiger partial charge in [0.05, 0.1) is 12.5 Å². The molecule has 0 radical (unpaired) electrons. The number of halogens is 1. The summed E-state index contributed by atoms with van der Waals surface area (Å²) in [6.45, 7) is 1.17. The Hall–Kier alpha value is -1.40. The van der Waals surface area contributed by atoms with Crippen LogP contribution in [0.4, 0.5) is 0 Å². The van der Waals surface area contributed by atoms with Gasteiger partial charge >= 0.3 is 5.97 Å². The Morgan fingerprint density at radius 2 is 1.90 bits per heavy atom. The molecular formula is C15H18BrNO4. The number of carbonyl (C=O) groups excluding carboxylic acids is 1. The van der Waals surface area contributed by atoms with Crippen LogP contribution in [0.3, 0.4) is 0 Å². The van der Waals surface area contributed by atoms with Gasteiger partial charge in [0.2, 0.25) is 5.91 Å². The van der Waals surface area contributed by atoms with Crippen LogP contribution in [0.2, 0.25) is 0 Å². The summed E-state index contributed by atoms with van der Waals surface area (Å²) in [7, 11) is 0. The SMILES string of the molecule is O=C(O)CC(NC(=O)C1CCOCC1)c1ccc(Br)cc1. The second kappa shape index (κ2) is 7.56. The van der Waals surface area contributed by atoms with Crippen LogP contribution < -0.4 is 5.32 Å². The minimum atomic E-state index is -0.935. The summed E-state index contributed by atoms with van der Waals surface area (Å²) in [5.41, 5.74) is 0.793. The monoisotopic (exact) mass is 355 g/mol. The number of carbonyl (C=O) groups is 2. The van der Waals surface area contributed by atoms with Crippen molar-refractivity contribution in [3.8, 4) is 0 Å². The van der Waals surface area contributed by atoms with Gasteiger partial charge in [-0.15, -0.1) is 0 Å². The fourth-order valence-electron chi connectivity index (χ4n) is 2.37. The number of ether oxygens (including phenoxy) is 1. The third kappa shape index (κ3) is 4.82. The molecule has 0 aliphatic carbocycles. The van der Waals surface area contributed by atoms with Gasteiger partial charge in [-0.05, 0) is 30.5 Å². The van der Waals surface area contributed by atoms with Crippen molar-refractivity contribution in [2.75, 3.05) is 13.2 Å². The van der Waals surface area contributed by atoms with Gasteiger partial charge in [0.15, 0.2) is 0 Å². The van der Waals surface area contributed by atoms with Crippen LogP contribution >= 0.6 is 15.9 Å². The molecule has 1 aromatic carbocycles. The first kappa shape index (κ1) is 16.0. The summed E-state index contributed by atoms with van der Waals surface area (Å²) >= 11 is 3.34. The largest absolute Gasteiger partial charge is 0.481 e. The van der Waals surface area contributed by atoms with Gasteiger partial charge in [0, 0.05) is 23.6 Å². The number of aliphatic carboxylic acids is 1. The van der Waals surface area contributed by atoms with Gasteiger partial charge in [-0.2, -0.15) is 0 Å². The number of hydrogen-bond acceptors (Lipinski definition) is 3. The number of amides is 1. The highest BCUT2D eigenvalue weighted by molar-refractivity contribution is 9.10. The Morgan fingerprint density at radius 1 is 1.29 bits per heavy atom. The number of benzene rings is 1. The van der Waals surface area contributed by atoms with Crippen molar-refractivity contribution in [1.82, 2.24) is 5.32 Å². The van der Waals surface area contributed by atoms with Crippen LogP contribution in [0, 0.1) is 5.92 Å². The Morgan fingerprint density at radius 3 is 2.48 bits per heavy atom. The van der Waals surface area contributed by atoms with Crippen molar-refractivity contribution < 1.29 is 19.4 Å². The number of hydrogen-bond donors (Lipinski definition) is 2.